The Morgan fingerprint density at radius 2 is 0.960 bits per heavy atom. The van der Waals surface area contributed by atoms with Crippen molar-refractivity contribution in [3.05, 3.63) is 70.8 Å². The third-order valence-electron chi connectivity index (χ3n) is 4.78. The standard InChI is InChI=1S/C23H28N2/c1-24(2)22-11-7-18(8-12-22)15-20-5-6-21(17-20)16-19-9-13-23(14-10-19)25(3)4/h7-16H,5-6,17H2,1-4H3. The van der Waals surface area contributed by atoms with Crippen LogP contribution in [-0.2, 0) is 0 Å². The number of hydrogen-bond donors (Lipinski definition) is 0. The summed E-state index contributed by atoms with van der Waals surface area (Å²) in [5.41, 5.74) is 8.17. The van der Waals surface area contributed by atoms with Gasteiger partial charge < -0.3 is 9.80 Å². The highest BCUT2D eigenvalue weighted by Gasteiger charge is 2.12. The number of nitrogens with zero attached hydrogens (tertiary/aromatic N) is 2. The van der Waals surface area contributed by atoms with Crippen molar-refractivity contribution in [2.75, 3.05) is 38.0 Å². The lowest BCUT2D eigenvalue weighted by Gasteiger charge is -2.12. The minimum absolute atomic E-state index is 1.10. The fraction of sp³-hybridized carbons (Fsp3) is 0.304. The first-order valence-corrected chi connectivity index (χ1v) is 8.95. The topological polar surface area (TPSA) is 6.48 Å². The zero-order valence-electron chi connectivity index (χ0n) is 15.8. The fourth-order valence-corrected chi connectivity index (χ4v) is 3.24. The van der Waals surface area contributed by atoms with Crippen molar-refractivity contribution in [2.24, 2.45) is 0 Å². The second-order valence-corrected chi connectivity index (χ2v) is 7.25. The van der Waals surface area contributed by atoms with Gasteiger partial charge in [-0.25, -0.2) is 0 Å². The molecule has 130 valence electrons. The minimum Gasteiger partial charge on any atom is -0.378 e. The Kier molecular flexibility index (Phi) is 5.28. The van der Waals surface area contributed by atoms with Gasteiger partial charge in [-0.2, -0.15) is 0 Å². The van der Waals surface area contributed by atoms with Gasteiger partial charge in [-0.05, 0) is 54.7 Å². The van der Waals surface area contributed by atoms with Crippen LogP contribution < -0.4 is 9.80 Å². The molecule has 1 fully saturated rings. The van der Waals surface area contributed by atoms with Crippen LogP contribution in [0.2, 0.25) is 0 Å². The third-order valence-corrected chi connectivity index (χ3v) is 4.78. The normalized spacial score (nSPS) is 17.3. The Morgan fingerprint density at radius 1 is 0.600 bits per heavy atom. The highest BCUT2D eigenvalue weighted by Crippen LogP contribution is 2.33. The van der Waals surface area contributed by atoms with Crippen LogP contribution in [0, 0.1) is 0 Å². The highest BCUT2D eigenvalue weighted by molar-refractivity contribution is 5.62. The van der Waals surface area contributed by atoms with Gasteiger partial charge >= 0.3 is 0 Å². The molecule has 1 aliphatic carbocycles. The van der Waals surface area contributed by atoms with Crippen molar-refractivity contribution in [1.29, 1.82) is 0 Å². The maximum absolute atomic E-state index is 2.36. The van der Waals surface area contributed by atoms with Gasteiger partial charge in [-0.1, -0.05) is 47.6 Å². The van der Waals surface area contributed by atoms with E-state index in [0.29, 0.717) is 0 Å². The molecule has 0 aliphatic heterocycles. The molecular formula is C23H28N2. The first-order chi connectivity index (χ1) is 12.0. The maximum atomic E-state index is 2.36. The molecule has 25 heavy (non-hydrogen) atoms. The van der Waals surface area contributed by atoms with Crippen LogP contribution in [0.15, 0.2) is 59.7 Å². The summed E-state index contributed by atoms with van der Waals surface area (Å²) in [5.74, 6) is 0. The quantitative estimate of drug-likeness (QED) is 0.732. The van der Waals surface area contributed by atoms with Gasteiger partial charge in [0.1, 0.15) is 0 Å². The van der Waals surface area contributed by atoms with E-state index in [0.717, 1.165) is 6.42 Å². The van der Waals surface area contributed by atoms with E-state index in [9.17, 15) is 0 Å². The predicted molar refractivity (Wildman–Crippen MR) is 111 cm³/mol. The summed E-state index contributed by atoms with van der Waals surface area (Å²) in [5, 5.41) is 0. The second-order valence-electron chi connectivity index (χ2n) is 7.25. The van der Waals surface area contributed by atoms with Gasteiger partial charge in [0.25, 0.3) is 0 Å². The first kappa shape index (κ1) is 17.3. The van der Waals surface area contributed by atoms with E-state index >= 15 is 0 Å². The zero-order chi connectivity index (χ0) is 17.8. The average molecular weight is 332 g/mol. The molecule has 2 heteroatoms. The van der Waals surface area contributed by atoms with E-state index in [-0.39, 0.29) is 0 Å². The van der Waals surface area contributed by atoms with E-state index in [1.54, 1.807) is 0 Å². The molecular weight excluding hydrogens is 304 g/mol. The molecule has 0 radical (unpaired) electrons. The van der Waals surface area contributed by atoms with Crippen molar-refractivity contribution in [1.82, 2.24) is 0 Å². The van der Waals surface area contributed by atoms with Crippen LogP contribution >= 0.6 is 0 Å². The molecule has 3 rings (SSSR count). The number of hydrogen-bond acceptors (Lipinski definition) is 2. The number of anilines is 2. The number of rotatable bonds is 4. The molecule has 0 spiro atoms. The SMILES string of the molecule is CN(C)c1ccc(C=C2CCC(=Cc3ccc(N(C)C)cc3)C2)cc1. The van der Waals surface area contributed by atoms with Crippen molar-refractivity contribution < 1.29 is 0 Å². The van der Waals surface area contributed by atoms with Crippen molar-refractivity contribution >= 4 is 23.5 Å². The Bertz CT molecular complexity index is 695. The van der Waals surface area contributed by atoms with Crippen molar-refractivity contribution in [2.45, 2.75) is 19.3 Å². The van der Waals surface area contributed by atoms with Gasteiger partial charge in [-0.15, -0.1) is 0 Å². The molecule has 0 heterocycles. The van der Waals surface area contributed by atoms with E-state index in [2.05, 4.69) is 98.7 Å². The molecule has 0 aromatic heterocycles. The predicted octanol–water partition coefficient (Wildman–Crippen LogP) is 5.47. The van der Waals surface area contributed by atoms with Crippen molar-refractivity contribution in [3.8, 4) is 0 Å². The smallest absolute Gasteiger partial charge is 0.0361 e. The van der Waals surface area contributed by atoms with E-state index in [1.807, 2.05) is 0 Å². The summed E-state index contributed by atoms with van der Waals surface area (Å²) in [6, 6.07) is 17.6. The molecule has 0 bridgehead atoms. The van der Waals surface area contributed by atoms with Crippen molar-refractivity contribution in [3.63, 3.8) is 0 Å². The third kappa shape index (κ3) is 4.54. The Morgan fingerprint density at radius 3 is 1.28 bits per heavy atom. The van der Waals surface area contributed by atoms with Gasteiger partial charge in [0.05, 0.1) is 0 Å². The average Bonchev–Trinajstić information content (AvgIpc) is 3.02. The second kappa shape index (κ2) is 7.60. The molecule has 0 atom stereocenters. The lowest BCUT2D eigenvalue weighted by Crippen LogP contribution is -2.07. The Hall–Kier alpha value is -2.48. The van der Waals surface area contributed by atoms with Crippen LogP contribution in [0.3, 0.4) is 0 Å². The Balaban J connectivity index is 1.68. The zero-order valence-corrected chi connectivity index (χ0v) is 15.8. The lowest BCUT2D eigenvalue weighted by atomic mass is 10.1. The summed E-state index contributed by atoms with van der Waals surface area (Å²) in [7, 11) is 8.30. The highest BCUT2D eigenvalue weighted by atomic mass is 15.1. The van der Waals surface area contributed by atoms with Gasteiger partial charge in [-0.3, -0.25) is 0 Å². The minimum atomic E-state index is 1.10. The van der Waals surface area contributed by atoms with Crippen LogP contribution in [0.1, 0.15) is 30.4 Å². The van der Waals surface area contributed by atoms with Gasteiger partial charge in [0.15, 0.2) is 0 Å². The molecule has 2 nitrogen and oxygen atoms in total. The summed E-state index contributed by atoms with van der Waals surface area (Å²) in [6.07, 6.45) is 8.17. The molecule has 2 aromatic carbocycles. The summed E-state index contributed by atoms with van der Waals surface area (Å²) >= 11 is 0. The summed E-state index contributed by atoms with van der Waals surface area (Å²) < 4.78 is 0. The maximum Gasteiger partial charge on any atom is 0.0361 e. The molecule has 0 unspecified atom stereocenters. The van der Waals surface area contributed by atoms with Gasteiger partial charge in [0, 0.05) is 39.6 Å². The van der Waals surface area contributed by atoms with Crippen LogP contribution in [0.5, 0.6) is 0 Å². The monoisotopic (exact) mass is 332 g/mol. The van der Waals surface area contributed by atoms with E-state index < -0.39 is 0 Å². The molecule has 0 saturated heterocycles. The van der Waals surface area contributed by atoms with Crippen LogP contribution in [0.25, 0.3) is 12.2 Å². The summed E-state index contributed by atoms with van der Waals surface area (Å²) in [4.78, 5) is 4.27. The largest absolute Gasteiger partial charge is 0.378 e. The number of allylic oxidation sites excluding steroid dienone is 2. The molecule has 1 aliphatic rings. The molecule has 0 N–H and O–H groups in total. The summed E-state index contributed by atoms with van der Waals surface area (Å²) in [6.45, 7) is 0. The van der Waals surface area contributed by atoms with E-state index in [1.165, 1.54) is 46.5 Å². The molecule has 1 saturated carbocycles. The van der Waals surface area contributed by atoms with Gasteiger partial charge in [0.2, 0.25) is 0 Å². The fourth-order valence-electron chi connectivity index (χ4n) is 3.24. The lowest BCUT2D eigenvalue weighted by molar-refractivity contribution is 1.06. The molecule has 2 aromatic rings. The number of benzene rings is 2. The van der Waals surface area contributed by atoms with E-state index in [4.69, 9.17) is 0 Å². The Labute approximate surface area is 152 Å². The molecule has 0 amide bonds. The van der Waals surface area contributed by atoms with Crippen LogP contribution in [-0.4, -0.2) is 28.2 Å². The first-order valence-electron chi connectivity index (χ1n) is 8.95. The van der Waals surface area contributed by atoms with Crippen LogP contribution in [0.4, 0.5) is 11.4 Å².